The van der Waals surface area contributed by atoms with Crippen molar-refractivity contribution in [2.45, 2.75) is 31.9 Å². The summed E-state index contributed by atoms with van der Waals surface area (Å²) in [7, 11) is 0. The molecular weight excluding hydrogens is 406 g/mol. The minimum absolute atomic E-state index is 0.0419. The van der Waals surface area contributed by atoms with Gasteiger partial charge in [-0.05, 0) is 56.2 Å². The Morgan fingerprint density at radius 3 is 2.81 bits per heavy atom. The number of carbonyl (C=O) groups excluding carboxylic acids is 1. The summed E-state index contributed by atoms with van der Waals surface area (Å²) in [6.07, 6.45) is 5.55. The first-order valence-electron chi connectivity index (χ1n) is 9.05. The Hall–Kier alpha value is -2.31. The molecule has 4 rings (SSSR count). The van der Waals surface area contributed by atoms with E-state index in [0.717, 1.165) is 46.1 Å². The third kappa shape index (κ3) is 3.87. The second kappa shape index (κ2) is 7.74. The van der Waals surface area contributed by atoms with Crippen molar-refractivity contribution < 1.29 is 9.53 Å². The lowest BCUT2D eigenvalue weighted by atomic mass is 10.0. The molecule has 3 heterocycles. The van der Waals surface area contributed by atoms with E-state index < -0.39 is 0 Å². The molecule has 5 nitrogen and oxygen atoms in total. The molecule has 2 aromatic heterocycles. The third-order valence-corrected chi connectivity index (χ3v) is 5.37. The lowest BCUT2D eigenvalue weighted by molar-refractivity contribution is 0.0713. The molecule has 1 saturated heterocycles. The van der Waals surface area contributed by atoms with E-state index in [0.29, 0.717) is 5.56 Å². The van der Waals surface area contributed by atoms with Gasteiger partial charge in [0, 0.05) is 34.4 Å². The normalized spacial score (nSPS) is 17.8. The molecule has 0 aliphatic carbocycles. The zero-order valence-electron chi connectivity index (χ0n) is 15.0. The fourth-order valence-corrected chi connectivity index (χ4v) is 3.79. The van der Waals surface area contributed by atoms with E-state index in [2.05, 4.69) is 26.2 Å². The number of benzene rings is 1. The molecule has 1 fully saturated rings. The Balaban J connectivity index is 1.75. The van der Waals surface area contributed by atoms with Crippen molar-refractivity contribution in [3.05, 3.63) is 58.8 Å². The number of carbonyl (C=O) groups is 1. The summed E-state index contributed by atoms with van der Waals surface area (Å²) < 4.78 is 6.62. The van der Waals surface area contributed by atoms with Crippen LogP contribution in [0.5, 0.6) is 0 Å². The van der Waals surface area contributed by atoms with E-state index in [1.807, 2.05) is 43.3 Å². The summed E-state index contributed by atoms with van der Waals surface area (Å²) in [4.78, 5) is 21.9. The Morgan fingerprint density at radius 2 is 2.07 bits per heavy atom. The van der Waals surface area contributed by atoms with E-state index in [-0.39, 0.29) is 18.1 Å². The molecule has 1 aliphatic rings. The first-order chi connectivity index (χ1) is 13.1. The Kier molecular flexibility index (Phi) is 5.18. The van der Waals surface area contributed by atoms with Gasteiger partial charge in [-0.15, -0.1) is 0 Å². The van der Waals surface area contributed by atoms with Gasteiger partial charge in [0.1, 0.15) is 0 Å². The van der Waals surface area contributed by atoms with Crippen LogP contribution in [0.4, 0.5) is 0 Å². The molecule has 27 heavy (non-hydrogen) atoms. The van der Waals surface area contributed by atoms with Crippen molar-refractivity contribution in [3.63, 3.8) is 0 Å². The summed E-state index contributed by atoms with van der Waals surface area (Å²) in [5.74, 6) is -0.112. The predicted molar refractivity (Wildman–Crippen MR) is 109 cm³/mol. The van der Waals surface area contributed by atoms with Crippen molar-refractivity contribution in [2.75, 3.05) is 6.61 Å². The lowest BCUT2D eigenvalue weighted by Gasteiger charge is -2.20. The molecule has 1 aliphatic heterocycles. The predicted octanol–water partition coefficient (Wildman–Crippen LogP) is 4.36. The zero-order chi connectivity index (χ0) is 18.8. The highest BCUT2D eigenvalue weighted by Crippen LogP contribution is 2.27. The van der Waals surface area contributed by atoms with E-state index >= 15 is 0 Å². The summed E-state index contributed by atoms with van der Waals surface area (Å²) in [5, 5.41) is 3.93. The van der Waals surface area contributed by atoms with E-state index in [1.54, 1.807) is 12.4 Å². The summed E-state index contributed by atoms with van der Waals surface area (Å²) in [6, 6.07) is 11.4. The SMILES string of the molecule is C[C@@H](NC(=O)c1cc(-c2ccncc2)nc2ccc(Br)cc12)[C@@H]1CCCO1. The van der Waals surface area contributed by atoms with Gasteiger partial charge >= 0.3 is 0 Å². The minimum Gasteiger partial charge on any atom is -0.376 e. The molecule has 138 valence electrons. The number of nitrogens with zero attached hydrogens (tertiary/aromatic N) is 2. The van der Waals surface area contributed by atoms with Crippen molar-refractivity contribution in [3.8, 4) is 11.3 Å². The van der Waals surface area contributed by atoms with Crippen LogP contribution in [0, 0.1) is 0 Å². The number of halogens is 1. The number of hydrogen-bond donors (Lipinski definition) is 1. The average Bonchev–Trinajstić information content (AvgIpc) is 3.23. The molecule has 0 spiro atoms. The first-order valence-corrected chi connectivity index (χ1v) is 9.84. The van der Waals surface area contributed by atoms with Crippen LogP contribution in [-0.2, 0) is 4.74 Å². The monoisotopic (exact) mass is 425 g/mol. The van der Waals surface area contributed by atoms with Gasteiger partial charge in [0.05, 0.1) is 28.9 Å². The fourth-order valence-electron chi connectivity index (χ4n) is 3.43. The van der Waals surface area contributed by atoms with Crippen LogP contribution in [0.3, 0.4) is 0 Å². The highest BCUT2D eigenvalue weighted by atomic mass is 79.9. The lowest BCUT2D eigenvalue weighted by Crippen LogP contribution is -2.40. The number of fused-ring (bicyclic) bond motifs is 1. The number of aromatic nitrogens is 2. The van der Waals surface area contributed by atoms with Crippen LogP contribution >= 0.6 is 15.9 Å². The first kappa shape index (κ1) is 18.1. The largest absolute Gasteiger partial charge is 0.376 e. The average molecular weight is 426 g/mol. The van der Waals surface area contributed by atoms with Crippen LogP contribution in [0.1, 0.15) is 30.1 Å². The Bertz CT molecular complexity index is 972. The minimum atomic E-state index is -0.112. The number of pyridine rings is 2. The third-order valence-electron chi connectivity index (χ3n) is 4.87. The van der Waals surface area contributed by atoms with E-state index in [4.69, 9.17) is 9.72 Å². The molecule has 1 amide bonds. The standard InChI is InChI=1S/C21H20BrN3O2/c1-13(20-3-2-10-27-20)24-21(26)17-12-19(14-6-8-23-9-7-14)25-18-5-4-15(22)11-16(17)18/h4-9,11-13,20H,2-3,10H2,1H3,(H,24,26)/t13-,20+/m1/s1. The summed E-state index contributed by atoms with van der Waals surface area (Å²) in [5.41, 5.74) is 3.07. The van der Waals surface area contributed by atoms with Gasteiger partial charge in [0.15, 0.2) is 0 Å². The van der Waals surface area contributed by atoms with Gasteiger partial charge < -0.3 is 10.1 Å². The summed E-state index contributed by atoms with van der Waals surface area (Å²) in [6.45, 7) is 2.76. The van der Waals surface area contributed by atoms with E-state index in [1.165, 1.54) is 0 Å². The molecule has 1 N–H and O–H groups in total. The van der Waals surface area contributed by atoms with Crippen LogP contribution < -0.4 is 5.32 Å². The van der Waals surface area contributed by atoms with Crippen LogP contribution in [0.25, 0.3) is 22.2 Å². The second-order valence-electron chi connectivity index (χ2n) is 6.77. The number of nitrogens with one attached hydrogen (secondary N) is 1. The molecule has 0 saturated carbocycles. The maximum atomic E-state index is 13.1. The van der Waals surface area contributed by atoms with Gasteiger partial charge in [0.25, 0.3) is 5.91 Å². The summed E-state index contributed by atoms with van der Waals surface area (Å²) >= 11 is 3.50. The van der Waals surface area contributed by atoms with E-state index in [9.17, 15) is 4.79 Å². The topological polar surface area (TPSA) is 64.1 Å². The highest BCUT2D eigenvalue weighted by molar-refractivity contribution is 9.10. The molecule has 0 unspecified atom stereocenters. The molecule has 0 radical (unpaired) electrons. The smallest absolute Gasteiger partial charge is 0.252 e. The molecular formula is C21H20BrN3O2. The van der Waals surface area contributed by atoms with Gasteiger partial charge in [-0.3, -0.25) is 9.78 Å². The highest BCUT2D eigenvalue weighted by Gasteiger charge is 2.25. The van der Waals surface area contributed by atoms with Crippen LogP contribution in [-0.4, -0.2) is 34.6 Å². The van der Waals surface area contributed by atoms with Crippen LogP contribution in [0.15, 0.2) is 53.3 Å². The molecule has 6 heteroatoms. The van der Waals surface area contributed by atoms with Crippen molar-refractivity contribution in [1.29, 1.82) is 0 Å². The van der Waals surface area contributed by atoms with Crippen molar-refractivity contribution in [2.24, 2.45) is 0 Å². The molecule has 2 atom stereocenters. The second-order valence-corrected chi connectivity index (χ2v) is 7.68. The fraction of sp³-hybridized carbons (Fsp3) is 0.286. The number of ether oxygens (including phenoxy) is 1. The molecule has 3 aromatic rings. The molecule has 0 bridgehead atoms. The maximum Gasteiger partial charge on any atom is 0.252 e. The van der Waals surface area contributed by atoms with Crippen LogP contribution in [0.2, 0.25) is 0 Å². The Labute approximate surface area is 166 Å². The van der Waals surface area contributed by atoms with Gasteiger partial charge in [0.2, 0.25) is 0 Å². The molecule has 1 aromatic carbocycles. The number of amides is 1. The van der Waals surface area contributed by atoms with Gasteiger partial charge in [-0.2, -0.15) is 0 Å². The van der Waals surface area contributed by atoms with Gasteiger partial charge in [-0.1, -0.05) is 15.9 Å². The van der Waals surface area contributed by atoms with Crippen molar-refractivity contribution >= 4 is 32.7 Å². The zero-order valence-corrected chi connectivity index (χ0v) is 16.6. The maximum absolute atomic E-state index is 13.1. The van der Waals surface area contributed by atoms with Gasteiger partial charge in [-0.25, -0.2) is 4.98 Å². The van der Waals surface area contributed by atoms with Crippen molar-refractivity contribution in [1.82, 2.24) is 15.3 Å². The Morgan fingerprint density at radius 1 is 1.26 bits per heavy atom. The number of hydrogen-bond acceptors (Lipinski definition) is 4. The quantitative estimate of drug-likeness (QED) is 0.674. The number of rotatable bonds is 4.